The number of carbonyl (C=O) groups excluding carboxylic acids is 1. The highest BCUT2D eigenvalue weighted by molar-refractivity contribution is 5.77. The summed E-state index contributed by atoms with van der Waals surface area (Å²) in [7, 11) is 0. The SMILES string of the molecule is CC(C)=CCC/C(C)=C/CN1CCN(CC(=O)NN)CC1. The van der Waals surface area contributed by atoms with Crippen LogP contribution < -0.4 is 11.3 Å². The van der Waals surface area contributed by atoms with E-state index in [0.29, 0.717) is 6.54 Å². The van der Waals surface area contributed by atoms with Gasteiger partial charge in [0.2, 0.25) is 5.91 Å². The number of rotatable bonds is 7. The molecule has 0 aromatic carbocycles. The van der Waals surface area contributed by atoms with Crippen LogP contribution in [-0.4, -0.2) is 55.0 Å². The lowest BCUT2D eigenvalue weighted by Gasteiger charge is -2.33. The Hall–Kier alpha value is -1.17. The van der Waals surface area contributed by atoms with Crippen molar-refractivity contribution in [2.45, 2.75) is 33.6 Å². The molecule has 1 heterocycles. The molecule has 0 aliphatic carbocycles. The standard InChI is InChI=1S/C16H30N4O/c1-14(2)5-4-6-15(3)7-8-19-9-11-20(12-10-19)13-16(21)18-17/h5,7H,4,6,8-13,17H2,1-3H3,(H,18,21)/b15-7+. The van der Waals surface area contributed by atoms with Crippen LogP contribution in [0.2, 0.25) is 0 Å². The Morgan fingerprint density at radius 2 is 1.71 bits per heavy atom. The number of amides is 1. The lowest BCUT2D eigenvalue weighted by atomic mass is 10.1. The molecule has 0 atom stereocenters. The fourth-order valence-electron chi connectivity index (χ4n) is 2.35. The van der Waals surface area contributed by atoms with E-state index < -0.39 is 0 Å². The van der Waals surface area contributed by atoms with Crippen LogP contribution in [0, 0.1) is 0 Å². The smallest absolute Gasteiger partial charge is 0.248 e. The van der Waals surface area contributed by atoms with E-state index in [1.807, 2.05) is 0 Å². The molecule has 120 valence electrons. The zero-order valence-electron chi connectivity index (χ0n) is 13.7. The molecule has 1 saturated heterocycles. The van der Waals surface area contributed by atoms with Gasteiger partial charge in [-0.3, -0.25) is 20.0 Å². The first-order valence-electron chi connectivity index (χ1n) is 7.74. The summed E-state index contributed by atoms with van der Waals surface area (Å²) >= 11 is 0. The summed E-state index contributed by atoms with van der Waals surface area (Å²) in [5.74, 6) is 5.00. The predicted octanol–water partition coefficient (Wildman–Crippen LogP) is 1.29. The molecule has 0 unspecified atom stereocenters. The Kier molecular flexibility index (Phi) is 8.27. The summed E-state index contributed by atoms with van der Waals surface area (Å²) in [6.07, 6.45) is 6.90. The summed E-state index contributed by atoms with van der Waals surface area (Å²) in [4.78, 5) is 15.8. The average Bonchev–Trinajstić information content (AvgIpc) is 2.46. The molecular formula is C16H30N4O. The average molecular weight is 294 g/mol. The van der Waals surface area contributed by atoms with Crippen LogP contribution in [0.15, 0.2) is 23.3 Å². The third-order valence-electron chi connectivity index (χ3n) is 3.78. The number of hydrogen-bond acceptors (Lipinski definition) is 4. The van der Waals surface area contributed by atoms with E-state index in [2.05, 4.69) is 48.1 Å². The molecule has 21 heavy (non-hydrogen) atoms. The van der Waals surface area contributed by atoms with Crippen molar-refractivity contribution in [1.29, 1.82) is 0 Å². The number of allylic oxidation sites excluding steroid dienone is 3. The first-order valence-corrected chi connectivity index (χ1v) is 7.74. The van der Waals surface area contributed by atoms with Crippen LogP contribution in [0.25, 0.3) is 0 Å². The molecule has 0 aromatic heterocycles. The normalized spacial score (nSPS) is 17.6. The molecule has 0 aromatic rings. The summed E-state index contributed by atoms with van der Waals surface area (Å²) < 4.78 is 0. The van der Waals surface area contributed by atoms with Crippen molar-refractivity contribution in [1.82, 2.24) is 15.2 Å². The topological polar surface area (TPSA) is 61.6 Å². The van der Waals surface area contributed by atoms with Crippen LogP contribution >= 0.6 is 0 Å². The van der Waals surface area contributed by atoms with Gasteiger partial charge in [-0.15, -0.1) is 0 Å². The molecule has 1 aliphatic heterocycles. The quantitative estimate of drug-likeness (QED) is 0.321. The van der Waals surface area contributed by atoms with Crippen molar-refractivity contribution >= 4 is 5.91 Å². The molecule has 0 radical (unpaired) electrons. The van der Waals surface area contributed by atoms with Crippen LogP contribution in [0.5, 0.6) is 0 Å². The number of hydrazine groups is 1. The van der Waals surface area contributed by atoms with Gasteiger partial charge in [0.25, 0.3) is 0 Å². The molecule has 0 saturated carbocycles. The maximum absolute atomic E-state index is 11.2. The van der Waals surface area contributed by atoms with Gasteiger partial charge in [0.1, 0.15) is 0 Å². The van der Waals surface area contributed by atoms with E-state index in [1.54, 1.807) is 0 Å². The highest BCUT2D eigenvalue weighted by atomic mass is 16.2. The van der Waals surface area contributed by atoms with Crippen molar-refractivity contribution in [2.75, 3.05) is 39.3 Å². The minimum atomic E-state index is -0.113. The molecule has 0 bridgehead atoms. The second-order valence-electron chi connectivity index (χ2n) is 6.01. The van der Waals surface area contributed by atoms with Gasteiger partial charge >= 0.3 is 0 Å². The number of nitrogens with one attached hydrogen (secondary N) is 1. The van der Waals surface area contributed by atoms with Gasteiger partial charge in [-0.25, -0.2) is 5.84 Å². The number of nitrogens with two attached hydrogens (primary N) is 1. The molecule has 1 rings (SSSR count). The molecule has 5 nitrogen and oxygen atoms in total. The first-order chi connectivity index (χ1) is 10.0. The first kappa shape index (κ1) is 17.9. The molecule has 1 fully saturated rings. The van der Waals surface area contributed by atoms with E-state index in [-0.39, 0.29) is 5.91 Å². The zero-order chi connectivity index (χ0) is 15.7. The van der Waals surface area contributed by atoms with Crippen LogP contribution in [-0.2, 0) is 4.79 Å². The Morgan fingerprint density at radius 3 is 2.29 bits per heavy atom. The predicted molar refractivity (Wildman–Crippen MR) is 87.6 cm³/mol. The van der Waals surface area contributed by atoms with Crippen molar-refractivity contribution < 1.29 is 4.79 Å². The largest absolute Gasteiger partial charge is 0.297 e. The van der Waals surface area contributed by atoms with Gasteiger partial charge in [0.05, 0.1) is 6.54 Å². The third-order valence-corrected chi connectivity index (χ3v) is 3.78. The Labute approximate surface area is 128 Å². The monoisotopic (exact) mass is 294 g/mol. The Bertz CT molecular complexity index is 378. The minimum Gasteiger partial charge on any atom is -0.297 e. The third kappa shape index (κ3) is 7.99. The van der Waals surface area contributed by atoms with Crippen molar-refractivity contribution in [3.05, 3.63) is 23.3 Å². The number of carbonyl (C=O) groups is 1. The number of nitrogens with zero attached hydrogens (tertiary/aromatic N) is 2. The van der Waals surface area contributed by atoms with E-state index in [9.17, 15) is 4.79 Å². The second kappa shape index (κ2) is 9.71. The maximum atomic E-state index is 11.2. The molecule has 1 amide bonds. The summed E-state index contributed by atoms with van der Waals surface area (Å²) in [5.41, 5.74) is 5.03. The van der Waals surface area contributed by atoms with Gasteiger partial charge in [-0.05, 0) is 33.6 Å². The number of hydrogen-bond donors (Lipinski definition) is 2. The highest BCUT2D eigenvalue weighted by Crippen LogP contribution is 2.08. The van der Waals surface area contributed by atoms with E-state index in [0.717, 1.165) is 45.6 Å². The van der Waals surface area contributed by atoms with Gasteiger partial charge in [0.15, 0.2) is 0 Å². The van der Waals surface area contributed by atoms with Crippen molar-refractivity contribution in [3.63, 3.8) is 0 Å². The van der Waals surface area contributed by atoms with Gasteiger partial charge in [0, 0.05) is 32.7 Å². The van der Waals surface area contributed by atoms with E-state index in [4.69, 9.17) is 5.84 Å². The van der Waals surface area contributed by atoms with Crippen molar-refractivity contribution in [2.24, 2.45) is 5.84 Å². The number of piperazine rings is 1. The van der Waals surface area contributed by atoms with Gasteiger partial charge in [-0.2, -0.15) is 0 Å². The van der Waals surface area contributed by atoms with Crippen molar-refractivity contribution in [3.8, 4) is 0 Å². The van der Waals surface area contributed by atoms with E-state index in [1.165, 1.54) is 11.1 Å². The molecule has 5 heteroatoms. The second-order valence-corrected chi connectivity index (χ2v) is 6.01. The lowest BCUT2D eigenvalue weighted by Crippen LogP contribution is -2.50. The van der Waals surface area contributed by atoms with Crippen LogP contribution in [0.4, 0.5) is 0 Å². The Balaban J connectivity index is 2.23. The zero-order valence-corrected chi connectivity index (χ0v) is 13.7. The lowest BCUT2D eigenvalue weighted by molar-refractivity contribution is -0.122. The molecular weight excluding hydrogens is 264 g/mol. The summed E-state index contributed by atoms with van der Waals surface area (Å²) in [6.45, 7) is 11.8. The highest BCUT2D eigenvalue weighted by Gasteiger charge is 2.17. The van der Waals surface area contributed by atoms with E-state index >= 15 is 0 Å². The minimum absolute atomic E-state index is 0.113. The maximum Gasteiger partial charge on any atom is 0.248 e. The van der Waals surface area contributed by atoms with Crippen LogP contribution in [0.1, 0.15) is 33.6 Å². The fourth-order valence-corrected chi connectivity index (χ4v) is 2.35. The molecule has 3 N–H and O–H groups in total. The summed E-state index contributed by atoms with van der Waals surface area (Å²) in [5, 5.41) is 0. The summed E-state index contributed by atoms with van der Waals surface area (Å²) in [6, 6.07) is 0. The molecule has 0 spiro atoms. The van der Waals surface area contributed by atoms with Gasteiger partial charge < -0.3 is 0 Å². The molecule has 1 aliphatic rings. The Morgan fingerprint density at radius 1 is 1.10 bits per heavy atom. The van der Waals surface area contributed by atoms with Crippen LogP contribution in [0.3, 0.4) is 0 Å². The fraction of sp³-hybridized carbons (Fsp3) is 0.688. The van der Waals surface area contributed by atoms with Gasteiger partial charge in [-0.1, -0.05) is 23.3 Å².